The molecular formula is C23H10F15P. The van der Waals surface area contributed by atoms with E-state index < -0.39 is 82.5 Å². The fourth-order valence-corrected chi connectivity index (χ4v) is 5.87. The zero-order valence-electron chi connectivity index (χ0n) is 18.4. The van der Waals surface area contributed by atoms with Crippen LogP contribution in [-0.4, -0.2) is 0 Å². The van der Waals surface area contributed by atoms with Crippen molar-refractivity contribution in [3.8, 4) is 0 Å². The van der Waals surface area contributed by atoms with Crippen LogP contribution in [0.1, 0.15) is 27.8 Å². The smallest absolute Gasteiger partial charge is 0.166 e. The van der Waals surface area contributed by atoms with Gasteiger partial charge in [0.25, 0.3) is 0 Å². The predicted molar refractivity (Wildman–Crippen MR) is 110 cm³/mol. The molecule has 0 atom stereocenters. The molecular weight excluding hydrogens is 592 g/mol. The van der Waals surface area contributed by atoms with Crippen LogP contribution in [0, 0.1) is 0 Å². The Morgan fingerprint density at radius 1 is 0.333 bits per heavy atom. The highest BCUT2D eigenvalue weighted by atomic mass is 31.1. The number of benzene rings is 3. The van der Waals surface area contributed by atoms with Crippen LogP contribution in [0.15, 0.2) is 60.7 Å². The van der Waals surface area contributed by atoms with Crippen molar-refractivity contribution in [2.45, 2.75) is 30.9 Å². The Kier molecular flexibility index (Phi) is 7.76. The SMILES string of the molecule is FC(F)(F)c1cccc(P(c2cc(C(F)(F)F)cc(C(F)(F)F)c2)c2cc(C(F)(F)F)cc(C(F)(F)F)c2)c1. The number of hydrogen-bond acceptors (Lipinski definition) is 0. The Morgan fingerprint density at radius 2 is 0.615 bits per heavy atom. The largest absolute Gasteiger partial charge is 0.416 e. The van der Waals surface area contributed by atoms with E-state index in [1.54, 1.807) is 0 Å². The lowest BCUT2D eigenvalue weighted by molar-refractivity contribution is -0.144. The molecule has 16 heteroatoms. The van der Waals surface area contributed by atoms with Crippen LogP contribution in [0.2, 0.25) is 0 Å². The molecule has 39 heavy (non-hydrogen) atoms. The lowest BCUT2D eigenvalue weighted by Crippen LogP contribution is -2.27. The number of hydrogen-bond donors (Lipinski definition) is 0. The summed E-state index contributed by atoms with van der Waals surface area (Å²) in [7, 11) is -3.26. The normalized spacial score (nSPS) is 13.7. The van der Waals surface area contributed by atoms with E-state index in [0.29, 0.717) is 12.1 Å². The number of halogens is 15. The molecule has 0 saturated heterocycles. The maximum absolute atomic E-state index is 13.5. The van der Waals surface area contributed by atoms with Crippen molar-refractivity contribution in [3.63, 3.8) is 0 Å². The highest BCUT2D eigenvalue weighted by Crippen LogP contribution is 2.43. The van der Waals surface area contributed by atoms with Crippen molar-refractivity contribution in [2.24, 2.45) is 0 Å². The summed E-state index contributed by atoms with van der Waals surface area (Å²) in [6.45, 7) is 0. The fourth-order valence-electron chi connectivity index (χ4n) is 3.40. The van der Waals surface area contributed by atoms with Crippen molar-refractivity contribution in [1.29, 1.82) is 0 Å². The Bertz CT molecular complexity index is 1200. The van der Waals surface area contributed by atoms with Crippen LogP contribution in [0.4, 0.5) is 65.9 Å². The van der Waals surface area contributed by atoms with E-state index in [2.05, 4.69) is 0 Å². The second-order valence-electron chi connectivity index (χ2n) is 7.91. The molecule has 3 aromatic rings. The van der Waals surface area contributed by atoms with E-state index in [0.717, 1.165) is 6.07 Å². The zero-order valence-corrected chi connectivity index (χ0v) is 19.3. The summed E-state index contributed by atoms with van der Waals surface area (Å²) in [6, 6.07) is 1.65. The number of alkyl halides is 15. The molecule has 3 aromatic carbocycles. The monoisotopic (exact) mass is 602 g/mol. The quantitative estimate of drug-likeness (QED) is 0.208. The second kappa shape index (κ2) is 9.90. The zero-order chi connectivity index (χ0) is 29.8. The third-order valence-electron chi connectivity index (χ3n) is 5.09. The fraction of sp³-hybridized carbons (Fsp3) is 0.217. The van der Waals surface area contributed by atoms with Crippen LogP contribution in [0.5, 0.6) is 0 Å². The first-order chi connectivity index (χ1) is 17.5. The molecule has 0 N–H and O–H groups in total. The van der Waals surface area contributed by atoms with E-state index in [1.807, 2.05) is 0 Å². The van der Waals surface area contributed by atoms with Crippen LogP contribution in [0.3, 0.4) is 0 Å². The van der Waals surface area contributed by atoms with Crippen molar-refractivity contribution < 1.29 is 65.9 Å². The molecule has 0 aliphatic heterocycles. The second-order valence-corrected chi connectivity index (χ2v) is 10.1. The Morgan fingerprint density at radius 3 is 0.897 bits per heavy atom. The number of rotatable bonds is 3. The van der Waals surface area contributed by atoms with E-state index in [-0.39, 0.29) is 42.5 Å². The van der Waals surface area contributed by atoms with Crippen LogP contribution in [-0.2, 0) is 30.9 Å². The molecule has 3 rings (SSSR count). The van der Waals surface area contributed by atoms with E-state index in [9.17, 15) is 65.9 Å². The third kappa shape index (κ3) is 7.17. The lowest BCUT2D eigenvalue weighted by Gasteiger charge is -2.25. The first kappa shape index (κ1) is 30.6. The molecule has 0 radical (unpaired) electrons. The van der Waals surface area contributed by atoms with Gasteiger partial charge < -0.3 is 0 Å². The van der Waals surface area contributed by atoms with E-state index >= 15 is 0 Å². The average molecular weight is 602 g/mol. The van der Waals surface area contributed by atoms with Gasteiger partial charge in [-0.05, 0) is 72.4 Å². The van der Waals surface area contributed by atoms with Gasteiger partial charge in [-0.2, -0.15) is 65.9 Å². The minimum absolute atomic E-state index is 0.0503. The molecule has 0 heterocycles. The van der Waals surface area contributed by atoms with Crippen molar-refractivity contribution in [2.75, 3.05) is 0 Å². The summed E-state index contributed by atoms with van der Waals surface area (Å²) in [6.07, 6.45) is -27.0. The summed E-state index contributed by atoms with van der Waals surface area (Å²) in [5.41, 5.74) is -9.34. The predicted octanol–water partition coefficient (Wildman–Crippen LogP) is 8.54. The van der Waals surface area contributed by atoms with E-state index in [4.69, 9.17) is 0 Å². The summed E-state index contributed by atoms with van der Waals surface area (Å²) >= 11 is 0. The lowest BCUT2D eigenvalue weighted by atomic mass is 10.1. The van der Waals surface area contributed by atoms with Gasteiger partial charge in [0.1, 0.15) is 0 Å². The first-order valence-corrected chi connectivity index (χ1v) is 11.4. The highest BCUT2D eigenvalue weighted by Gasteiger charge is 2.41. The molecule has 0 bridgehead atoms. The maximum atomic E-state index is 13.5. The van der Waals surface area contributed by atoms with Crippen LogP contribution in [0.25, 0.3) is 0 Å². The minimum Gasteiger partial charge on any atom is -0.166 e. The Labute approximate surface area is 209 Å². The minimum atomic E-state index is -5.46. The van der Waals surface area contributed by atoms with Gasteiger partial charge in [0.2, 0.25) is 0 Å². The van der Waals surface area contributed by atoms with Gasteiger partial charge >= 0.3 is 30.9 Å². The van der Waals surface area contributed by atoms with Crippen molar-refractivity contribution in [3.05, 3.63) is 88.5 Å². The summed E-state index contributed by atoms with van der Waals surface area (Å²) < 4.78 is 201. The highest BCUT2D eigenvalue weighted by molar-refractivity contribution is 7.79. The molecule has 0 aromatic heterocycles. The Hall–Kier alpha value is -2.96. The standard InChI is InChI=1S/C23H10F15P/c24-19(25,26)11-2-1-3-16(6-11)39(17-7-12(20(27,28)29)4-13(8-17)21(30,31)32)18-9-14(22(33,34)35)5-15(10-18)23(36,37)38/h1-10H. The molecule has 0 amide bonds. The Balaban J connectivity index is 2.48. The first-order valence-electron chi connectivity index (χ1n) is 10.0. The van der Waals surface area contributed by atoms with Gasteiger partial charge in [-0.15, -0.1) is 0 Å². The van der Waals surface area contributed by atoms with Gasteiger partial charge in [0.05, 0.1) is 27.8 Å². The van der Waals surface area contributed by atoms with Crippen molar-refractivity contribution in [1.82, 2.24) is 0 Å². The van der Waals surface area contributed by atoms with Crippen LogP contribution >= 0.6 is 7.92 Å². The van der Waals surface area contributed by atoms with Gasteiger partial charge in [-0.1, -0.05) is 12.1 Å². The maximum Gasteiger partial charge on any atom is 0.416 e. The topological polar surface area (TPSA) is 0 Å². The summed E-state index contributed by atoms with van der Waals surface area (Å²) in [5, 5.41) is -2.92. The van der Waals surface area contributed by atoms with Gasteiger partial charge in [-0.25, -0.2) is 0 Å². The third-order valence-corrected chi connectivity index (χ3v) is 7.44. The van der Waals surface area contributed by atoms with Gasteiger partial charge in [-0.3, -0.25) is 0 Å². The van der Waals surface area contributed by atoms with Gasteiger partial charge in [0.15, 0.2) is 0 Å². The van der Waals surface area contributed by atoms with Gasteiger partial charge in [0, 0.05) is 0 Å². The summed E-state index contributed by atoms with van der Waals surface area (Å²) in [5.74, 6) is 0. The van der Waals surface area contributed by atoms with Crippen LogP contribution < -0.4 is 15.9 Å². The molecule has 0 spiro atoms. The molecule has 0 aliphatic rings. The summed E-state index contributed by atoms with van der Waals surface area (Å²) in [4.78, 5) is 0. The molecule has 0 saturated carbocycles. The van der Waals surface area contributed by atoms with E-state index in [1.165, 1.54) is 0 Å². The molecule has 0 fully saturated rings. The van der Waals surface area contributed by atoms with Crippen molar-refractivity contribution >= 4 is 23.8 Å². The molecule has 0 unspecified atom stereocenters. The average Bonchev–Trinajstić information content (AvgIpc) is 2.76. The molecule has 212 valence electrons. The molecule has 0 nitrogen and oxygen atoms in total. The molecule has 0 aliphatic carbocycles.